The molecule has 1 fully saturated rings. The van der Waals surface area contributed by atoms with Crippen LogP contribution in [0.15, 0.2) is 41.3 Å². The van der Waals surface area contributed by atoms with Crippen molar-refractivity contribution in [1.29, 1.82) is 0 Å². The molecule has 0 saturated heterocycles. The molecule has 1 N–H and O–H groups in total. The molecule has 1 atom stereocenters. The Labute approximate surface area is 186 Å². The fraction of sp³-hybridized carbons (Fsp3) is 0.391. The van der Waals surface area contributed by atoms with Gasteiger partial charge in [0.1, 0.15) is 0 Å². The zero-order chi connectivity index (χ0) is 22.5. The van der Waals surface area contributed by atoms with E-state index in [0.29, 0.717) is 30.2 Å². The molecule has 2 heterocycles. The summed E-state index contributed by atoms with van der Waals surface area (Å²) < 4.78 is 36.8. The highest BCUT2D eigenvalue weighted by molar-refractivity contribution is 7.92. The Morgan fingerprint density at radius 2 is 1.91 bits per heavy atom. The van der Waals surface area contributed by atoms with E-state index in [2.05, 4.69) is 5.32 Å². The lowest BCUT2D eigenvalue weighted by molar-refractivity contribution is -0.119. The maximum absolute atomic E-state index is 13.1. The normalized spacial score (nSPS) is 17.7. The van der Waals surface area contributed by atoms with E-state index < -0.39 is 21.0 Å². The SMILES string of the molecule is C[C@H](CC(=O)Nc1ccc2c(c1)OCO2)S(=O)(=O)c1ccc2c(c1)CCN2C(=O)C1CC1. The van der Waals surface area contributed by atoms with E-state index in [0.717, 1.165) is 24.1 Å². The first-order chi connectivity index (χ1) is 15.3. The number of hydrogen-bond donors (Lipinski definition) is 1. The first-order valence-electron chi connectivity index (χ1n) is 10.7. The molecule has 2 aliphatic heterocycles. The number of nitrogens with one attached hydrogen (secondary N) is 1. The van der Waals surface area contributed by atoms with Crippen LogP contribution >= 0.6 is 0 Å². The average molecular weight is 457 g/mol. The predicted octanol–water partition coefficient (Wildman–Crippen LogP) is 2.91. The van der Waals surface area contributed by atoms with Gasteiger partial charge in [0, 0.05) is 36.3 Å². The molecule has 0 aromatic heterocycles. The van der Waals surface area contributed by atoms with Crippen molar-refractivity contribution in [3.63, 3.8) is 0 Å². The van der Waals surface area contributed by atoms with E-state index in [4.69, 9.17) is 9.47 Å². The highest BCUT2D eigenvalue weighted by Gasteiger charge is 2.37. The molecule has 1 saturated carbocycles. The van der Waals surface area contributed by atoms with Gasteiger partial charge in [-0.15, -0.1) is 0 Å². The van der Waals surface area contributed by atoms with E-state index in [1.54, 1.807) is 41.3 Å². The number of benzene rings is 2. The van der Waals surface area contributed by atoms with Gasteiger partial charge in [-0.05, 0) is 62.1 Å². The van der Waals surface area contributed by atoms with Crippen molar-refractivity contribution in [3.05, 3.63) is 42.0 Å². The van der Waals surface area contributed by atoms with E-state index in [-0.39, 0.29) is 29.9 Å². The Morgan fingerprint density at radius 1 is 1.12 bits per heavy atom. The molecule has 0 radical (unpaired) electrons. The van der Waals surface area contributed by atoms with Crippen molar-refractivity contribution in [1.82, 2.24) is 0 Å². The van der Waals surface area contributed by atoms with Gasteiger partial charge in [-0.2, -0.15) is 0 Å². The number of amides is 2. The Balaban J connectivity index is 1.27. The molecule has 8 nitrogen and oxygen atoms in total. The zero-order valence-corrected chi connectivity index (χ0v) is 18.5. The number of hydrogen-bond acceptors (Lipinski definition) is 6. The minimum Gasteiger partial charge on any atom is -0.454 e. The van der Waals surface area contributed by atoms with Gasteiger partial charge in [-0.3, -0.25) is 9.59 Å². The van der Waals surface area contributed by atoms with E-state index in [9.17, 15) is 18.0 Å². The maximum Gasteiger partial charge on any atom is 0.231 e. The summed E-state index contributed by atoms with van der Waals surface area (Å²) in [6.45, 7) is 2.25. The number of fused-ring (bicyclic) bond motifs is 2. The first-order valence-corrected chi connectivity index (χ1v) is 12.3. The molecular weight excluding hydrogens is 432 g/mol. The Morgan fingerprint density at radius 3 is 2.69 bits per heavy atom. The van der Waals surface area contributed by atoms with Crippen LogP contribution in [0.1, 0.15) is 31.7 Å². The molecule has 0 bridgehead atoms. The summed E-state index contributed by atoms with van der Waals surface area (Å²) >= 11 is 0. The molecule has 1 aliphatic carbocycles. The van der Waals surface area contributed by atoms with Gasteiger partial charge in [-0.1, -0.05) is 0 Å². The lowest BCUT2D eigenvalue weighted by atomic mass is 10.2. The van der Waals surface area contributed by atoms with Crippen molar-refractivity contribution in [2.24, 2.45) is 5.92 Å². The molecule has 0 spiro atoms. The quantitative estimate of drug-likeness (QED) is 0.717. The van der Waals surface area contributed by atoms with Crippen LogP contribution in [-0.2, 0) is 25.8 Å². The first kappa shape index (κ1) is 20.8. The lowest BCUT2D eigenvalue weighted by Crippen LogP contribution is -2.30. The highest BCUT2D eigenvalue weighted by Crippen LogP contribution is 2.38. The molecule has 9 heteroatoms. The van der Waals surface area contributed by atoms with Crippen molar-refractivity contribution >= 4 is 33.0 Å². The summed E-state index contributed by atoms with van der Waals surface area (Å²) in [5.41, 5.74) is 2.17. The summed E-state index contributed by atoms with van der Waals surface area (Å²) in [5, 5.41) is 1.82. The minimum atomic E-state index is -3.71. The smallest absolute Gasteiger partial charge is 0.231 e. The van der Waals surface area contributed by atoms with Crippen LogP contribution in [0, 0.1) is 5.92 Å². The van der Waals surface area contributed by atoms with Crippen molar-refractivity contribution in [3.8, 4) is 11.5 Å². The van der Waals surface area contributed by atoms with Crippen LogP contribution < -0.4 is 19.7 Å². The van der Waals surface area contributed by atoms with Gasteiger partial charge in [0.25, 0.3) is 0 Å². The number of nitrogens with zero attached hydrogens (tertiary/aromatic N) is 1. The molecule has 32 heavy (non-hydrogen) atoms. The summed E-state index contributed by atoms with van der Waals surface area (Å²) in [5.74, 6) is 0.992. The number of ether oxygens (including phenoxy) is 2. The second-order valence-electron chi connectivity index (χ2n) is 8.48. The summed E-state index contributed by atoms with van der Waals surface area (Å²) in [6, 6.07) is 9.93. The average Bonchev–Trinajstić information content (AvgIpc) is 3.36. The second kappa shape index (κ2) is 7.81. The fourth-order valence-electron chi connectivity index (χ4n) is 4.12. The third-order valence-corrected chi connectivity index (χ3v) is 8.26. The minimum absolute atomic E-state index is 0.118. The number of carbonyl (C=O) groups excluding carboxylic acids is 2. The molecule has 2 aromatic rings. The number of carbonyl (C=O) groups is 2. The number of rotatable bonds is 6. The van der Waals surface area contributed by atoms with Crippen molar-refractivity contribution in [2.75, 3.05) is 23.6 Å². The van der Waals surface area contributed by atoms with Crippen molar-refractivity contribution < 1.29 is 27.5 Å². The van der Waals surface area contributed by atoms with Crippen LogP contribution in [-0.4, -0.2) is 38.8 Å². The number of sulfone groups is 1. The van der Waals surface area contributed by atoms with Gasteiger partial charge >= 0.3 is 0 Å². The lowest BCUT2D eigenvalue weighted by Gasteiger charge is -2.18. The third-order valence-electron chi connectivity index (χ3n) is 6.13. The predicted molar refractivity (Wildman–Crippen MR) is 118 cm³/mol. The van der Waals surface area contributed by atoms with E-state index in [1.165, 1.54) is 6.92 Å². The monoisotopic (exact) mass is 456 g/mol. The molecule has 0 unspecified atom stereocenters. The summed E-state index contributed by atoms with van der Waals surface area (Å²) in [4.78, 5) is 26.9. The maximum atomic E-state index is 13.1. The van der Waals surface area contributed by atoms with Gasteiger partial charge in [0.15, 0.2) is 21.3 Å². The Hall–Kier alpha value is -3.07. The van der Waals surface area contributed by atoms with Crippen LogP contribution in [0.3, 0.4) is 0 Å². The highest BCUT2D eigenvalue weighted by atomic mass is 32.2. The topological polar surface area (TPSA) is 102 Å². The van der Waals surface area contributed by atoms with E-state index >= 15 is 0 Å². The van der Waals surface area contributed by atoms with Crippen molar-refractivity contribution in [2.45, 2.75) is 42.8 Å². The Kier molecular flexibility index (Phi) is 5.08. The van der Waals surface area contributed by atoms with Gasteiger partial charge in [0.05, 0.1) is 10.1 Å². The molecular formula is C23H24N2O6S. The fourth-order valence-corrected chi connectivity index (χ4v) is 5.52. The molecule has 2 aromatic carbocycles. The summed E-state index contributed by atoms with van der Waals surface area (Å²) in [7, 11) is -3.71. The molecule has 5 rings (SSSR count). The van der Waals surface area contributed by atoms with Crippen LogP contribution in [0.5, 0.6) is 11.5 Å². The zero-order valence-electron chi connectivity index (χ0n) is 17.7. The molecule has 168 valence electrons. The molecule has 2 amide bonds. The van der Waals surface area contributed by atoms with Crippen LogP contribution in [0.2, 0.25) is 0 Å². The number of anilines is 2. The van der Waals surface area contributed by atoms with Gasteiger partial charge < -0.3 is 19.7 Å². The van der Waals surface area contributed by atoms with E-state index in [1.807, 2.05) is 0 Å². The standard InChI is InChI=1S/C23H24N2O6S/c1-14(10-22(26)24-17-4-7-20-21(12-17)31-13-30-20)32(28,29)18-5-6-19-16(11-18)8-9-25(19)23(27)15-2-3-15/h4-7,11-12,14-15H,2-3,8-10,13H2,1H3,(H,24,26)/t14-/m1/s1. The van der Waals surface area contributed by atoms with Gasteiger partial charge in [-0.25, -0.2) is 8.42 Å². The second-order valence-corrected chi connectivity index (χ2v) is 10.8. The summed E-state index contributed by atoms with van der Waals surface area (Å²) in [6.07, 6.45) is 2.32. The van der Waals surface area contributed by atoms with Crippen LogP contribution in [0.25, 0.3) is 0 Å². The van der Waals surface area contributed by atoms with Crippen LogP contribution in [0.4, 0.5) is 11.4 Å². The largest absolute Gasteiger partial charge is 0.454 e. The third kappa shape index (κ3) is 3.81. The van der Waals surface area contributed by atoms with Gasteiger partial charge in [0.2, 0.25) is 18.6 Å². The molecule has 3 aliphatic rings. The Bertz CT molecular complexity index is 1200.